The molecule has 1 aliphatic rings. The molecule has 0 amide bonds. The van der Waals surface area contributed by atoms with E-state index in [4.69, 9.17) is 21.6 Å². The molecule has 0 bridgehead atoms. The van der Waals surface area contributed by atoms with Gasteiger partial charge in [0.15, 0.2) is 0 Å². The molecule has 1 aliphatic heterocycles. The van der Waals surface area contributed by atoms with Crippen molar-refractivity contribution in [1.29, 1.82) is 5.41 Å². The Morgan fingerprint density at radius 3 is 2.88 bits per heavy atom. The van der Waals surface area contributed by atoms with Gasteiger partial charge in [0, 0.05) is 18.7 Å². The first-order valence-electron chi connectivity index (χ1n) is 5.76. The van der Waals surface area contributed by atoms with Gasteiger partial charge < -0.3 is 21.5 Å². The molecular formula is C12H18N4O. The van der Waals surface area contributed by atoms with Crippen LogP contribution in [0.3, 0.4) is 0 Å². The quantitative estimate of drug-likeness (QED) is 0.355. The summed E-state index contributed by atoms with van der Waals surface area (Å²) in [5.74, 6) is 0.354. The number of hydrogen-bond donors (Lipinski definition) is 4. The smallest absolute Gasteiger partial charge is 0.125 e. The van der Waals surface area contributed by atoms with Crippen LogP contribution in [0.2, 0.25) is 0 Å². The molecule has 5 heteroatoms. The molecule has 0 aromatic heterocycles. The molecule has 1 unspecified atom stereocenters. The minimum atomic E-state index is 0.224. The van der Waals surface area contributed by atoms with Crippen LogP contribution in [0.4, 0.5) is 11.4 Å². The fourth-order valence-electron chi connectivity index (χ4n) is 1.85. The predicted octanol–water partition coefficient (Wildman–Crippen LogP) is 0.945. The lowest BCUT2D eigenvalue weighted by molar-refractivity contribution is 0.114. The van der Waals surface area contributed by atoms with Crippen molar-refractivity contribution in [1.82, 2.24) is 5.32 Å². The van der Waals surface area contributed by atoms with Gasteiger partial charge in [0.2, 0.25) is 0 Å². The summed E-state index contributed by atoms with van der Waals surface area (Å²) >= 11 is 0. The number of amidine groups is 1. The van der Waals surface area contributed by atoms with Gasteiger partial charge in [0.05, 0.1) is 17.5 Å². The first kappa shape index (κ1) is 11.7. The second-order valence-electron chi connectivity index (χ2n) is 4.23. The summed E-state index contributed by atoms with van der Waals surface area (Å²) in [6.45, 7) is 1.50. The monoisotopic (exact) mass is 234 g/mol. The maximum Gasteiger partial charge on any atom is 0.125 e. The zero-order valence-corrected chi connectivity index (χ0v) is 9.70. The third kappa shape index (κ3) is 2.88. The molecule has 17 heavy (non-hydrogen) atoms. The summed E-state index contributed by atoms with van der Waals surface area (Å²) in [4.78, 5) is 0. The maximum absolute atomic E-state index is 7.90. The van der Waals surface area contributed by atoms with Crippen molar-refractivity contribution in [2.24, 2.45) is 0 Å². The summed E-state index contributed by atoms with van der Waals surface area (Å²) in [7, 11) is 0. The summed E-state index contributed by atoms with van der Waals surface area (Å²) in [6.07, 6.45) is 2.39. The van der Waals surface area contributed by atoms with E-state index in [-0.39, 0.29) is 6.10 Å². The lowest BCUT2D eigenvalue weighted by atomic mass is 10.1. The largest absolute Gasteiger partial charge is 0.397 e. The molecule has 1 heterocycles. The Bertz CT molecular complexity index is 413. The third-order valence-corrected chi connectivity index (χ3v) is 2.91. The number of nitrogen functional groups attached to an aromatic ring is 2. The second-order valence-corrected chi connectivity index (χ2v) is 4.23. The third-order valence-electron chi connectivity index (χ3n) is 2.91. The Kier molecular flexibility index (Phi) is 3.49. The summed E-state index contributed by atoms with van der Waals surface area (Å²) in [5.41, 5.74) is 13.1. The van der Waals surface area contributed by atoms with E-state index in [1.807, 2.05) is 0 Å². The summed E-state index contributed by atoms with van der Waals surface area (Å²) in [5, 5.41) is 10.9. The first-order chi connectivity index (χ1) is 8.16. The second kappa shape index (κ2) is 5.05. The Hall–Kier alpha value is -1.75. The molecule has 0 saturated carbocycles. The Morgan fingerprint density at radius 1 is 1.41 bits per heavy atom. The SMILES string of the molecule is N=C(NCC1CCCO1)c1ccc(N)c(N)c1. The van der Waals surface area contributed by atoms with E-state index in [0.717, 1.165) is 25.0 Å². The van der Waals surface area contributed by atoms with E-state index in [1.54, 1.807) is 18.2 Å². The van der Waals surface area contributed by atoms with Crippen LogP contribution in [0.1, 0.15) is 18.4 Å². The van der Waals surface area contributed by atoms with Gasteiger partial charge in [-0.3, -0.25) is 5.41 Å². The summed E-state index contributed by atoms with van der Waals surface area (Å²) in [6, 6.07) is 5.21. The van der Waals surface area contributed by atoms with Crippen molar-refractivity contribution < 1.29 is 4.74 Å². The van der Waals surface area contributed by atoms with Crippen molar-refractivity contribution in [2.45, 2.75) is 18.9 Å². The Balaban J connectivity index is 1.92. The average Bonchev–Trinajstić information content (AvgIpc) is 2.82. The molecule has 5 nitrogen and oxygen atoms in total. The van der Waals surface area contributed by atoms with E-state index in [1.165, 1.54) is 0 Å². The fraction of sp³-hybridized carbons (Fsp3) is 0.417. The van der Waals surface area contributed by atoms with Gasteiger partial charge in [0.1, 0.15) is 5.84 Å². The minimum absolute atomic E-state index is 0.224. The number of benzene rings is 1. The van der Waals surface area contributed by atoms with Crippen molar-refractivity contribution >= 4 is 17.2 Å². The normalized spacial score (nSPS) is 19.2. The van der Waals surface area contributed by atoms with E-state index in [2.05, 4.69) is 5.32 Å². The van der Waals surface area contributed by atoms with E-state index in [0.29, 0.717) is 23.8 Å². The van der Waals surface area contributed by atoms with Crippen LogP contribution >= 0.6 is 0 Å². The highest BCUT2D eigenvalue weighted by atomic mass is 16.5. The molecule has 1 aromatic carbocycles. The summed E-state index contributed by atoms with van der Waals surface area (Å²) < 4.78 is 5.48. The molecule has 0 spiro atoms. The maximum atomic E-state index is 7.90. The highest BCUT2D eigenvalue weighted by Gasteiger charge is 2.15. The van der Waals surface area contributed by atoms with Crippen LogP contribution in [0, 0.1) is 5.41 Å². The van der Waals surface area contributed by atoms with Gasteiger partial charge in [-0.15, -0.1) is 0 Å². The standard InChI is InChI=1S/C12H18N4O/c13-10-4-3-8(6-11(10)14)12(15)16-7-9-2-1-5-17-9/h3-4,6,9H,1-2,5,7,13-14H2,(H2,15,16). The fourth-order valence-corrected chi connectivity index (χ4v) is 1.85. The van der Waals surface area contributed by atoms with Gasteiger partial charge in [-0.1, -0.05) is 0 Å². The van der Waals surface area contributed by atoms with Crippen molar-refractivity contribution in [3.63, 3.8) is 0 Å². The molecule has 2 rings (SSSR count). The van der Waals surface area contributed by atoms with Gasteiger partial charge in [-0.05, 0) is 31.0 Å². The molecule has 0 aliphatic carbocycles. The lowest BCUT2D eigenvalue weighted by Gasteiger charge is -2.13. The van der Waals surface area contributed by atoms with Crippen molar-refractivity contribution in [2.75, 3.05) is 24.6 Å². The molecule has 1 aromatic rings. The number of hydrogen-bond acceptors (Lipinski definition) is 4. The van der Waals surface area contributed by atoms with Gasteiger partial charge in [0.25, 0.3) is 0 Å². The highest BCUT2D eigenvalue weighted by Crippen LogP contribution is 2.16. The molecule has 1 atom stereocenters. The molecular weight excluding hydrogens is 216 g/mol. The number of rotatable bonds is 3. The predicted molar refractivity (Wildman–Crippen MR) is 69.1 cm³/mol. The number of anilines is 2. The lowest BCUT2D eigenvalue weighted by Crippen LogP contribution is -2.31. The van der Waals surface area contributed by atoms with Crippen LogP contribution in [-0.2, 0) is 4.74 Å². The zero-order valence-electron chi connectivity index (χ0n) is 9.70. The van der Waals surface area contributed by atoms with Crippen LogP contribution < -0.4 is 16.8 Å². The van der Waals surface area contributed by atoms with Crippen LogP contribution in [0.25, 0.3) is 0 Å². The van der Waals surface area contributed by atoms with Crippen LogP contribution in [-0.4, -0.2) is 25.1 Å². The number of ether oxygens (including phenoxy) is 1. The average molecular weight is 234 g/mol. The van der Waals surface area contributed by atoms with Crippen molar-refractivity contribution in [3.8, 4) is 0 Å². The Labute approximate surface area is 101 Å². The van der Waals surface area contributed by atoms with Gasteiger partial charge in [-0.2, -0.15) is 0 Å². The highest BCUT2D eigenvalue weighted by molar-refractivity contribution is 5.97. The number of nitrogens with one attached hydrogen (secondary N) is 2. The molecule has 6 N–H and O–H groups in total. The van der Waals surface area contributed by atoms with Gasteiger partial charge >= 0.3 is 0 Å². The zero-order chi connectivity index (χ0) is 12.3. The molecule has 0 radical (unpaired) electrons. The van der Waals surface area contributed by atoms with Crippen molar-refractivity contribution in [3.05, 3.63) is 23.8 Å². The topological polar surface area (TPSA) is 97.1 Å². The van der Waals surface area contributed by atoms with E-state index < -0.39 is 0 Å². The Morgan fingerprint density at radius 2 is 2.24 bits per heavy atom. The van der Waals surface area contributed by atoms with Gasteiger partial charge in [-0.25, -0.2) is 0 Å². The minimum Gasteiger partial charge on any atom is -0.397 e. The first-order valence-corrected chi connectivity index (χ1v) is 5.76. The number of nitrogens with two attached hydrogens (primary N) is 2. The molecule has 1 fully saturated rings. The van der Waals surface area contributed by atoms with Crippen LogP contribution in [0.15, 0.2) is 18.2 Å². The molecule has 92 valence electrons. The molecule has 1 saturated heterocycles. The van der Waals surface area contributed by atoms with E-state index >= 15 is 0 Å². The van der Waals surface area contributed by atoms with E-state index in [9.17, 15) is 0 Å². The van der Waals surface area contributed by atoms with Crippen LogP contribution in [0.5, 0.6) is 0 Å².